The maximum absolute atomic E-state index is 11.5. The summed E-state index contributed by atoms with van der Waals surface area (Å²) >= 11 is 0. The lowest BCUT2D eigenvalue weighted by Crippen LogP contribution is -2.05. The van der Waals surface area contributed by atoms with Crippen LogP contribution in [0.15, 0.2) is 23.1 Å². The lowest BCUT2D eigenvalue weighted by Gasteiger charge is -2.06. The summed E-state index contributed by atoms with van der Waals surface area (Å²) in [6, 6.07) is 4.26. The molecular formula is C10H11NO3S. The van der Waals surface area contributed by atoms with Crippen LogP contribution in [-0.2, 0) is 9.84 Å². The average molecular weight is 225 g/mol. The average Bonchev–Trinajstić information content (AvgIpc) is 2.17. The molecule has 0 aromatic heterocycles. The molecule has 0 aliphatic carbocycles. The van der Waals surface area contributed by atoms with Crippen LogP contribution in [0.1, 0.15) is 0 Å². The van der Waals surface area contributed by atoms with Crippen molar-refractivity contribution in [2.75, 3.05) is 18.6 Å². The molecule has 0 bridgehead atoms. The minimum absolute atomic E-state index is 0.110. The number of hydrogen-bond donors (Lipinski definition) is 1. The molecule has 0 aliphatic heterocycles. The Morgan fingerprint density at radius 3 is 2.67 bits per heavy atom. The summed E-state index contributed by atoms with van der Waals surface area (Å²) in [6.07, 6.45) is 4.96. The fraction of sp³-hybridized carbons (Fsp3) is 0.200. The Balaban J connectivity index is 3.20. The van der Waals surface area contributed by atoms with Crippen LogP contribution in [0, 0.1) is 12.3 Å². The number of ether oxygens (including phenoxy) is 1. The van der Waals surface area contributed by atoms with Gasteiger partial charge in [-0.05, 0) is 18.2 Å². The Morgan fingerprint density at radius 1 is 1.53 bits per heavy atom. The van der Waals surface area contributed by atoms with E-state index in [0.717, 1.165) is 0 Å². The number of nitrogens with two attached hydrogens (primary N) is 1. The topological polar surface area (TPSA) is 69.4 Å². The van der Waals surface area contributed by atoms with Crippen LogP contribution in [0.2, 0.25) is 0 Å². The van der Waals surface area contributed by atoms with E-state index < -0.39 is 9.84 Å². The molecule has 15 heavy (non-hydrogen) atoms. The Labute approximate surface area is 89.0 Å². The lowest BCUT2D eigenvalue weighted by molar-refractivity contribution is 0.416. The number of methoxy groups -OCH3 is 1. The molecule has 4 nitrogen and oxygen atoms in total. The van der Waals surface area contributed by atoms with Crippen LogP contribution >= 0.6 is 0 Å². The van der Waals surface area contributed by atoms with Gasteiger partial charge in [-0.2, -0.15) is 0 Å². The van der Waals surface area contributed by atoms with Gasteiger partial charge in [0.1, 0.15) is 11.5 Å². The summed E-state index contributed by atoms with van der Waals surface area (Å²) in [4.78, 5) is 0.110. The molecule has 80 valence electrons. The molecule has 0 unspecified atom stereocenters. The molecule has 1 rings (SSSR count). The number of terminal acetylenes is 1. The van der Waals surface area contributed by atoms with Crippen LogP contribution in [0.4, 0.5) is 5.69 Å². The van der Waals surface area contributed by atoms with Crippen LogP contribution in [0.3, 0.4) is 0 Å². The maximum atomic E-state index is 11.5. The molecule has 0 fully saturated rings. The number of nitrogen functional groups attached to an aromatic ring is 1. The zero-order chi connectivity index (χ0) is 11.5. The number of anilines is 1. The van der Waals surface area contributed by atoms with E-state index in [1.165, 1.54) is 25.3 Å². The van der Waals surface area contributed by atoms with Crippen molar-refractivity contribution >= 4 is 15.5 Å². The molecule has 0 spiro atoms. The van der Waals surface area contributed by atoms with Gasteiger partial charge in [-0.15, -0.1) is 6.42 Å². The van der Waals surface area contributed by atoms with E-state index in [1.807, 2.05) is 0 Å². The summed E-state index contributed by atoms with van der Waals surface area (Å²) in [7, 11) is -1.97. The third-order valence-electron chi connectivity index (χ3n) is 1.83. The molecule has 2 N–H and O–H groups in total. The molecule has 0 saturated heterocycles. The first-order valence-corrected chi connectivity index (χ1v) is 5.76. The minimum atomic E-state index is -3.43. The Morgan fingerprint density at radius 2 is 2.20 bits per heavy atom. The fourth-order valence-electron chi connectivity index (χ4n) is 1.10. The molecule has 5 heteroatoms. The smallest absolute Gasteiger partial charge is 0.189 e. The van der Waals surface area contributed by atoms with E-state index >= 15 is 0 Å². The molecule has 0 heterocycles. The second-order valence-electron chi connectivity index (χ2n) is 2.87. The first-order chi connectivity index (χ1) is 7.01. The van der Waals surface area contributed by atoms with Crippen molar-refractivity contribution < 1.29 is 13.2 Å². The third kappa shape index (κ3) is 2.42. The summed E-state index contributed by atoms with van der Waals surface area (Å²) in [5.41, 5.74) is 5.86. The van der Waals surface area contributed by atoms with Crippen molar-refractivity contribution in [3.63, 3.8) is 0 Å². The molecule has 1 aromatic rings. The molecule has 0 aliphatic rings. The summed E-state index contributed by atoms with van der Waals surface area (Å²) in [5, 5.41) is 0. The van der Waals surface area contributed by atoms with Gasteiger partial charge in [-0.1, -0.05) is 5.92 Å². The van der Waals surface area contributed by atoms with E-state index in [9.17, 15) is 8.42 Å². The van der Waals surface area contributed by atoms with Gasteiger partial charge in [0.05, 0.1) is 17.7 Å². The number of benzene rings is 1. The van der Waals surface area contributed by atoms with Crippen LogP contribution < -0.4 is 10.5 Å². The second-order valence-corrected chi connectivity index (χ2v) is 4.86. The lowest BCUT2D eigenvalue weighted by atomic mass is 10.3. The van der Waals surface area contributed by atoms with Crippen molar-refractivity contribution in [2.45, 2.75) is 4.90 Å². The second kappa shape index (κ2) is 4.24. The van der Waals surface area contributed by atoms with Gasteiger partial charge in [0.2, 0.25) is 0 Å². The van der Waals surface area contributed by atoms with Crippen molar-refractivity contribution in [1.82, 2.24) is 0 Å². The molecule has 0 saturated carbocycles. The summed E-state index contributed by atoms with van der Waals surface area (Å²) < 4.78 is 28.0. The van der Waals surface area contributed by atoms with Gasteiger partial charge in [0.25, 0.3) is 0 Å². The highest BCUT2D eigenvalue weighted by molar-refractivity contribution is 7.91. The summed E-state index contributed by atoms with van der Waals surface area (Å²) in [6.45, 7) is 0. The summed E-state index contributed by atoms with van der Waals surface area (Å²) in [5.74, 6) is 2.20. The minimum Gasteiger partial charge on any atom is -0.495 e. The highest BCUT2D eigenvalue weighted by atomic mass is 32.2. The Hall–Kier alpha value is -1.67. The van der Waals surface area contributed by atoms with Gasteiger partial charge >= 0.3 is 0 Å². The fourth-order valence-corrected chi connectivity index (χ4v) is 2.07. The first kappa shape index (κ1) is 11.4. The van der Waals surface area contributed by atoms with Crippen LogP contribution in [0.5, 0.6) is 5.75 Å². The molecule has 0 atom stereocenters. The predicted octanol–water partition coefficient (Wildman–Crippen LogP) is 0.684. The highest BCUT2D eigenvalue weighted by Gasteiger charge is 2.14. The van der Waals surface area contributed by atoms with E-state index in [0.29, 0.717) is 5.75 Å². The molecule has 0 amide bonds. The van der Waals surface area contributed by atoms with Crippen molar-refractivity contribution in [3.8, 4) is 18.1 Å². The van der Waals surface area contributed by atoms with E-state index in [1.54, 1.807) is 0 Å². The number of hydrogen-bond acceptors (Lipinski definition) is 4. The van der Waals surface area contributed by atoms with Gasteiger partial charge in [0, 0.05) is 0 Å². The molecule has 1 aromatic carbocycles. The van der Waals surface area contributed by atoms with Crippen molar-refractivity contribution in [1.29, 1.82) is 0 Å². The SMILES string of the molecule is C#CCS(=O)(=O)c1ccc(OC)c(N)c1. The quantitative estimate of drug-likeness (QED) is 0.606. The third-order valence-corrected chi connectivity index (χ3v) is 3.35. The molecule has 0 radical (unpaired) electrons. The Kier molecular flexibility index (Phi) is 3.22. The van der Waals surface area contributed by atoms with E-state index in [4.69, 9.17) is 16.9 Å². The van der Waals surface area contributed by atoms with Crippen LogP contribution in [-0.4, -0.2) is 21.3 Å². The van der Waals surface area contributed by atoms with Crippen molar-refractivity contribution in [3.05, 3.63) is 18.2 Å². The van der Waals surface area contributed by atoms with Gasteiger partial charge < -0.3 is 10.5 Å². The largest absolute Gasteiger partial charge is 0.495 e. The molecular weight excluding hydrogens is 214 g/mol. The number of rotatable bonds is 3. The first-order valence-electron chi connectivity index (χ1n) is 4.11. The van der Waals surface area contributed by atoms with E-state index in [-0.39, 0.29) is 16.3 Å². The normalized spacial score (nSPS) is 10.7. The van der Waals surface area contributed by atoms with Gasteiger partial charge in [-0.25, -0.2) is 8.42 Å². The maximum Gasteiger partial charge on any atom is 0.189 e. The predicted molar refractivity (Wildman–Crippen MR) is 58.3 cm³/mol. The van der Waals surface area contributed by atoms with Gasteiger partial charge in [0.15, 0.2) is 9.84 Å². The number of sulfone groups is 1. The zero-order valence-corrected chi connectivity index (χ0v) is 9.04. The monoisotopic (exact) mass is 225 g/mol. The zero-order valence-electron chi connectivity index (χ0n) is 8.23. The highest BCUT2D eigenvalue weighted by Crippen LogP contribution is 2.24. The van der Waals surface area contributed by atoms with Gasteiger partial charge in [-0.3, -0.25) is 0 Å². The van der Waals surface area contributed by atoms with E-state index in [2.05, 4.69) is 5.92 Å². The Bertz CT molecular complexity index is 500. The van der Waals surface area contributed by atoms with Crippen LogP contribution in [0.25, 0.3) is 0 Å². The standard InChI is InChI=1S/C10H11NO3S/c1-3-6-15(12,13)8-4-5-10(14-2)9(11)7-8/h1,4-5,7H,6,11H2,2H3. The van der Waals surface area contributed by atoms with Crippen molar-refractivity contribution in [2.24, 2.45) is 0 Å².